The molecule has 2 rings (SSSR count). The van der Waals surface area contributed by atoms with Crippen molar-refractivity contribution in [1.29, 1.82) is 0 Å². The number of rotatable bonds is 4. The van der Waals surface area contributed by atoms with Gasteiger partial charge in [0.25, 0.3) is 5.91 Å². The molecule has 0 radical (unpaired) electrons. The first kappa shape index (κ1) is 14.8. The van der Waals surface area contributed by atoms with E-state index in [2.05, 4.69) is 10.3 Å². The molecule has 0 aliphatic heterocycles. The summed E-state index contributed by atoms with van der Waals surface area (Å²) in [5, 5.41) is 12.4. The number of amides is 1. The van der Waals surface area contributed by atoms with Crippen LogP contribution in [0.2, 0.25) is 10.0 Å². The van der Waals surface area contributed by atoms with Crippen LogP contribution in [0.5, 0.6) is 0 Å². The van der Waals surface area contributed by atoms with Crippen molar-refractivity contribution in [2.24, 2.45) is 0 Å². The summed E-state index contributed by atoms with van der Waals surface area (Å²) in [5.41, 5.74) is 0.751. The molecule has 0 fully saturated rings. The Balaban J connectivity index is 2.16. The van der Waals surface area contributed by atoms with Gasteiger partial charge in [-0.3, -0.25) is 4.79 Å². The van der Waals surface area contributed by atoms with Crippen molar-refractivity contribution in [3.63, 3.8) is 0 Å². The number of oxazole rings is 1. The largest absolute Gasteiger partial charge is 0.444 e. The van der Waals surface area contributed by atoms with Crippen LogP contribution in [0.1, 0.15) is 17.4 Å². The standard InChI is InChI=1S/C13H12Cl2N2O3/c1-7(18)5-16-12(19)11-6-20-13(17-11)8-2-3-9(14)10(15)4-8/h2-4,6-7,18H,5H2,1H3,(H,16,19). The van der Waals surface area contributed by atoms with E-state index in [0.29, 0.717) is 15.6 Å². The minimum absolute atomic E-state index is 0.131. The molecule has 1 atom stereocenters. The first-order valence-electron chi connectivity index (χ1n) is 5.84. The molecule has 2 N–H and O–H groups in total. The monoisotopic (exact) mass is 314 g/mol. The molecule has 106 valence electrons. The van der Waals surface area contributed by atoms with Crippen molar-refractivity contribution in [2.75, 3.05) is 6.54 Å². The predicted octanol–water partition coefficient (Wildman–Crippen LogP) is 2.76. The third-order valence-electron chi connectivity index (χ3n) is 2.46. The minimum Gasteiger partial charge on any atom is -0.444 e. The van der Waals surface area contributed by atoms with Gasteiger partial charge in [0.2, 0.25) is 5.89 Å². The molecule has 0 aliphatic carbocycles. The summed E-state index contributed by atoms with van der Waals surface area (Å²) in [5.74, 6) is -0.147. The Kier molecular flexibility index (Phi) is 4.65. The van der Waals surface area contributed by atoms with Gasteiger partial charge in [-0.25, -0.2) is 4.98 Å². The summed E-state index contributed by atoms with van der Waals surface area (Å²) in [6.45, 7) is 1.72. The quantitative estimate of drug-likeness (QED) is 0.910. The average Bonchev–Trinajstić information content (AvgIpc) is 2.89. The molecule has 7 heteroatoms. The van der Waals surface area contributed by atoms with Gasteiger partial charge in [-0.15, -0.1) is 0 Å². The topological polar surface area (TPSA) is 75.4 Å². The van der Waals surface area contributed by atoms with Crippen LogP contribution in [-0.4, -0.2) is 28.6 Å². The van der Waals surface area contributed by atoms with Crippen molar-refractivity contribution in [3.8, 4) is 11.5 Å². The summed E-state index contributed by atoms with van der Waals surface area (Å²) < 4.78 is 5.24. The van der Waals surface area contributed by atoms with Crippen LogP contribution >= 0.6 is 23.2 Å². The second-order valence-electron chi connectivity index (χ2n) is 4.23. The molecule has 0 bridgehead atoms. The van der Waals surface area contributed by atoms with Gasteiger partial charge in [0, 0.05) is 12.1 Å². The van der Waals surface area contributed by atoms with Gasteiger partial charge in [0.15, 0.2) is 5.69 Å². The molecule has 1 aromatic heterocycles. The number of carbonyl (C=O) groups is 1. The predicted molar refractivity (Wildman–Crippen MR) is 76.0 cm³/mol. The normalized spacial score (nSPS) is 12.2. The van der Waals surface area contributed by atoms with Crippen molar-refractivity contribution in [3.05, 3.63) is 40.2 Å². The SMILES string of the molecule is CC(O)CNC(=O)c1coc(-c2ccc(Cl)c(Cl)c2)n1. The Morgan fingerprint density at radius 1 is 1.45 bits per heavy atom. The molecule has 2 aromatic rings. The highest BCUT2D eigenvalue weighted by Crippen LogP contribution is 2.28. The number of aliphatic hydroxyl groups is 1. The zero-order valence-electron chi connectivity index (χ0n) is 10.6. The van der Waals surface area contributed by atoms with Crippen LogP contribution in [0.3, 0.4) is 0 Å². The first-order chi connectivity index (χ1) is 9.47. The Morgan fingerprint density at radius 3 is 2.85 bits per heavy atom. The first-order valence-corrected chi connectivity index (χ1v) is 6.60. The number of aliphatic hydroxyl groups excluding tert-OH is 1. The van der Waals surface area contributed by atoms with Gasteiger partial charge in [-0.1, -0.05) is 23.2 Å². The third kappa shape index (κ3) is 3.50. The number of hydrogen-bond acceptors (Lipinski definition) is 4. The molecule has 1 heterocycles. The summed E-state index contributed by atoms with van der Waals surface area (Å²) >= 11 is 11.7. The molecule has 1 amide bonds. The Hall–Kier alpha value is -1.56. The van der Waals surface area contributed by atoms with Crippen LogP contribution in [-0.2, 0) is 0 Å². The van der Waals surface area contributed by atoms with Crippen LogP contribution in [0, 0.1) is 0 Å². The molecular weight excluding hydrogens is 303 g/mol. The van der Waals surface area contributed by atoms with E-state index in [1.165, 1.54) is 6.26 Å². The summed E-state index contributed by atoms with van der Waals surface area (Å²) in [7, 11) is 0. The molecule has 0 spiro atoms. The third-order valence-corrected chi connectivity index (χ3v) is 3.20. The maximum absolute atomic E-state index is 11.7. The van der Waals surface area contributed by atoms with Gasteiger partial charge < -0.3 is 14.8 Å². The number of carbonyl (C=O) groups excluding carboxylic acids is 1. The van der Waals surface area contributed by atoms with E-state index in [1.807, 2.05) is 0 Å². The Bertz CT molecular complexity index is 626. The van der Waals surface area contributed by atoms with Crippen LogP contribution in [0.15, 0.2) is 28.9 Å². The van der Waals surface area contributed by atoms with Crippen molar-refractivity contribution < 1.29 is 14.3 Å². The van der Waals surface area contributed by atoms with Gasteiger partial charge >= 0.3 is 0 Å². The van der Waals surface area contributed by atoms with Crippen LogP contribution < -0.4 is 5.32 Å². The van der Waals surface area contributed by atoms with E-state index in [4.69, 9.17) is 32.7 Å². The fourth-order valence-electron chi connectivity index (χ4n) is 1.47. The molecule has 0 saturated carbocycles. The lowest BCUT2D eigenvalue weighted by Gasteiger charge is -2.04. The lowest BCUT2D eigenvalue weighted by molar-refractivity contribution is 0.0919. The van der Waals surface area contributed by atoms with Gasteiger partial charge in [0.1, 0.15) is 6.26 Å². The highest BCUT2D eigenvalue weighted by molar-refractivity contribution is 6.42. The number of benzene rings is 1. The van der Waals surface area contributed by atoms with Crippen molar-refractivity contribution in [2.45, 2.75) is 13.0 Å². The number of halogens is 2. The summed E-state index contributed by atoms with van der Waals surface area (Å²) in [6.07, 6.45) is 0.621. The fraction of sp³-hybridized carbons (Fsp3) is 0.231. The maximum Gasteiger partial charge on any atom is 0.273 e. The highest BCUT2D eigenvalue weighted by atomic mass is 35.5. The summed E-state index contributed by atoms with van der Waals surface area (Å²) in [4.78, 5) is 15.8. The number of nitrogens with one attached hydrogen (secondary N) is 1. The molecule has 20 heavy (non-hydrogen) atoms. The van der Waals surface area contributed by atoms with Gasteiger partial charge in [-0.05, 0) is 25.1 Å². The highest BCUT2D eigenvalue weighted by Gasteiger charge is 2.14. The zero-order chi connectivity index (χ0) is 14.7. The van der Waals surface area contributed by atoms with E-state index in [9.17, 15) is 4.79 Å². The molecular formula is C13H12Cl2N2O3. The van der Waals surface area contributed by atoms with E-state index < -0.39 is 12.0 Å². The van der Waals surface area contributed by atoms with Gasteiger partial charge in [-0.2, -0.15) is 0 Å². The molecule has 1 unspecified atom stereocenters. The van der Waals surface area contributed by atoms with Crippen molar-refractivity contribution >= 4 is 29.1 Å². The molecule has 0 saturated heterocycles. The summed E-state index contributed by atoms with van der Waals surface area (Å²) in [6, 6.07) is 4.92. The molecule has 0 aliphatic rings. The van der Waals surface area contributed by atoms with E-state index in [1.54, 1.807) is 25.1 Å². The number of hydrogen-bond donors (Lipinski definition) is 2. The second-order valence-corrected chi connectivity index (χ2v) is 5.04. The van der Waals surface area contributed by atoms with Crippen LogP contribution in [0.4, 0.5) is 0 Å². The maximum atomic E-state index is 11.7. The van der Waals surface area contributed by atoms with E-state index >= 15 is 0 Å². The minimum atomic E-state index is -0.625. The lowest BCUT2D eigenvalue weighted by atomic mass is 10.2. The number of nitrogens with zero attached hydrogens (tertiary/aromatic N) is 1. The zero-order valence-corrected chi connectivity index (χ0v) is 12.1. The fourth-order valence-corrected chi connectivity index (χ4v) is 1.77. The number of aromatic nitrogens is 1. The van der Waals surface area contributed by atoms with E-state index in [0.717, 1.165) is 0 Å². The Labute approximate surface area is 125 Å². The second kappa shape index (κ2) is 6.26. The molecule has 1 aromatic carbocycles. The lowest BCUT2D eigenvalue weighted by Crippen LogP contribution is -2.30. The van der Waals surface area contributed by atoms with Crippen LogP contribution in [0.25, 0.3) is 11.5 Å². The van der Waals surface area contributed by atoms with E-state index in [-0.39, 0.29) is 18.1 Å². The van der Waals surface area contributed by atoms with Gasteiger partial charge in [0.05, 0.1) is 16.1 Å². The average molecular weight is 315 g/mol. The van der Waals surface area contributed by atoms with Crippen molar-refractivity contribution in [1.82, 2.24) is 10.3 Å². The Morgan fingerprint density at radius 2 is 2.20 bits per heavy atom. The smallest absolute Gasteiger partial charge is 0.273 e. The molecule has 5 nitrogen and oxygen atoms in total.